The molecule has 0 spiro atoms. The molecule has 0 saturated heterocycles. The Morgan fingerprint density at radius 3 is 2.56 bits per heavy atom. The minimum atomic E-state index is -0.202. The molecule has 2 N–H and O–H groups in total. The van der Waals surface area contributed by atoms with Crippen LogP contribution in [-0.2, 0) is 6.54 Å². The van der Waals surface area contributed by atoms with Crippen LogP contribution in [0, 0.1) is 12.7 Å². The summed E-state index contributed by atoms with van der Waals surface area (Å²) in [5, 5.41) is 0. The number of halogens is 1. The minimum Gasteiger partial charge on any atom is -0.326 e. The zero-order chi connectivity index (χ0) is 11.5. The second-order valence-corrected chi connectivity index (χ2v) is 3.84. The van der Waals surface area contributed by atoms with Gasteiger partial charge in [0.15, 0.2) is 0 Å². The van der Waals surface area contributed by atoms with Crippen LogP contribution in [0.4, 0.5) is 4.39 Å². The molecule has 0 saturated carbocycles. The highest BCUT2D eigenvalue weighted by Gasteiger charge is 2.08. The Labute approximate surface area is 94.7 Å². The lowest BCUT2D eigenvalue weighted by Gasteiger charge is -2.09. The van der Waals surface area contributed by atoms with Crippen molar-refractivity contribution in [2.45, 2.75) is 13.5 Å². The number of hydrogen-bond donors (Lipinski definition) is 1. The second-order valence-electron chi connectivity index (χ2n) is 3.84. The van der Waals surface area contributed by atoms with Crippen molar-refractivity contribution in [3.8, 4) is 11.1 Å². The Hall–Kier alpha value is -1.67. The van der Waals surface area contributed by atoms with Gasteiger partial charge in [0.2, 0.25) is 0 Å². The molecule has 2 aromatic rings. The summed E-state index contributed by atoms with van der Waals surface area (Å²) < 4.78 is 13.7. The van der Waals surface area contributed by atoms with E-state index < -0.39 is 0 Å². The Balaban J connectivity index is 2.62. The predicted octanol–water partition coefficient (Wildman–Crippen LogP) is 3.26. The van der Waals surface area contributed by atoms with Gasteiger partial charge < -0.3 is 5.73 Å². The number of benzene rings is 2. The van der Waals surface area contributed by atoms with E-state index in [0.717, 1.165) is 16.7 Å². The first-order valence-corrected chi connectivity index (χ1v) is 5.27. The fourth-order valence-electron chi connectivity index (χ4n) is 1.81. The second kappa shape index (κ2) is 4.45. The molecular formula is C14H14FN. The fourth-order valence-corrected chi connectivity index (χ4v) is 1.81. The molecule has 0 fully saturated rings. The largest absolute Gasteiger partial charge is 0.326 e. The van der Waals surface area contributed by atoms with Gasteiger partial charge in [0.25, 0.3) is 0 Å². The molecule has 0 aromatic heterocycles. The van der Waals surface area contributed by atoms with E-state index in [-0.39, 0.29) is 5.82 Å². The van der Waals surface area contributed by atoms with Crippen molar-refractivity contribution in [3.63, 3.8) is 0 Å². The Bertz CT molecular complexity index is 506. The van der Waals surface area contributed by atoms with E-state index in [2.05, 4.69) is 0 Å². The maximum atomic E-state index is 13.7. The maximum absolute atomic E-state index is 13.7. The van der Waals surface area contributed by atoms with Crippen LogP contribution in [0.25, 0.3) is 11.1 Å². The summed E-state index contributed by atoms with van der Waals surface area (Å²) in [4.78, 5) is 0. The zero-order valence-electron chi connectivity index (χ0n) is 9.20. The lowest BCUT2D eigenvalue weighted by molar-refractivity contribution is 0.630. The van der Waals surface area contributed by atoms with E-state index in [1.807, 2.05) is 37.3 Å². The van der Waals surface area contributed by atoms with Crippen molar-refractivity contribution in [1.29, 1.82) is 0 Å². The standard InChI is InChI=1S/C14H14FN/c1-10-6-7-14(15)13(8-10)12-5-3-2-4-11(12)9-16/h2-8H,9,16H2,1H3. The number of nitrogens with two attached hydrogens (primary N) is 1. The van der Waals surface area contributed by atoms with E-state index in [0.29, 0.717) is 12.1 Å². The molecule has 0 amide bonds. The molecule has 16 heavy (non-hydrogen) atoms. The van der Waals surface area contributed by atoms with Crippen LogP contribution in [-0.4, -0.2) is 0 Å². The minimum absolute atomic E-state index is 0.202. The molecule has 1 nitrogen and oxygen atoms in total. The van der Waals surface area contributed by atoms with Gasteiger partial charge in [0, 0.05) is 12.1 Å². The normalized spacial score (nSPS) is 10.4. The molecule has 0 aliphatic rings. The van der Waals surface area contributed by atoms with Gasteiger partial charge in [-0.2, -0.15) is 0 Å². The molecule has 0 aliphatic heterocycles. The summed E-state index contributed by atoms with van der Waals surface area (Å²) in [6.45, 7) is 2.37. The monoisotopic (exact) mass is 215 g/mol. The highest BCUT2D eigenvalue weighted by molar-refractivity contribution is 5.68. The maximum Gasteiger partial charge on any atom is 0.131 e. The molecule has 2 aromatic carbocycles. The van der Waals surface area contributed by atoms with Crippen molar-refractivity contribution in [3.05, 3.63) is 59.4 Å². The SMILES string of the molecule is Cc1ccc(F)c(-c2ccccc2CN)c1. The molecule has 0 heterocycles. The van der Waals surface area contributed by atoms with Gasteiger partial charge in [0.05, 0.1) is 0 Å². The molecule has 0 aliphatic carbocycles. The van der Waals surface area contributed by atoms with Crippen LogP contribution < -0.4 is 5.73 Å². The van der Waals surface area contributed by atoms with Gasteiger partial charge in [-0.1, -0.05) is 35.9 Å². The average Bonchev–Trinajstić information content (AvgIpc) is 2.32. The number of rotatable bonds is 2. The van der Waals surface area contributed by atoms with Crippen molar-refractivity contribution < 1.29 is 4.39 Å². The van der Waals surface area contributed by atoms with Gasteiger partial charge in [0.1, 0.15) is 5.82 Å². The van der Waals surface area contributed by atoms with Crippen molar-refractivity contribution >= 4 is 0 Å². The summed E-state index contributed by atoms with van der Waals surface area (Å²) in [5.41, 5.74) is 9.17. The molecule has 82 valence electrons. The first-order valence-electron chi connectivity index (χ1n) is 5.27. The molecule has 0 radical (unpaired) electrons. The molecule has 0 atom stereocenters. The predicted molar refractivity (Wildman–Crippen MR) is 64.5 cm³/mol. The molecule has 0 unspecified atom stereocenters. The summed E-state index contributed by atoms with van der Waals surface area (Å²) >= 11 is 0. The third kappa shape index (κ3) is 1.97. The summed E-state index contributed by atoms with van der Waals surface area (Å²) in [6, 6.07) is 12.8. The molecule has 2 rings (SSSR count). The smallest absolute Gasteiger partial charge is 0.131 e. The van der Waals surface area contributed by atoms with Crippen LogP contribution >= 0.6 is 0 Å². The summed E-state index contributed by atoms with van der Waals surface area (Å²) in [7, 11) is 0. The van der Waals surface area contributed by atoms with Gasteiger partial charge in [-0.15, -0.1) is 0 Å². The van der Waals surface area contributed by atoms with Crippen LogP contribution in [0.3, 0.4) is 0 Å². The van der Waals surface area contributed by atoms with Crippen LogP contribution in [0.1, 0.15) is 11.1 Å². The van der Waals surface area contributed by atoms with Crippen molar-refractivity contribution in [2.75, 3.05) is 0 Å². The van der Waals surface area contributed by atoms with Crippen molar-refractivity contribution in [1.82, 2.24) is 0 Å². The molecule has 2 heteroatoms. The topological polar surface area (TPSA) is 26.0 Å². The van der Waals surface area contributed by atoms with E-state index >= 15 is 0 Å². The highest BCUT2D eigenvalue weighted by Crippen LogP contribution is 2.26. The first kappa shape index (κ1) is 10.8. The van der Waals surface area contributed by atoms with Gasteiger partial charge in [-0.3, -0.25) is 0 Å². The quantitative estimate of drug-likeness (QED) is 0.817. The number of hydrogen-bond acceptors (Lipinski definition) is 1. The average molecular weight is 215 g/mol. The van der Waals surface area contributed by atoms with Crippen molar-refractivity contribution in [2.24, 2.45) is 5.73 Å². The third-order valence-corrected chi connectivity index (χ3v) is 2.65. The highest BCUT2D eigenvalue weighted by atomic mass is 19.1. The Kier molecular flexibility index (Phi) is 3.02. The molecular weight excluding hydrogens is 201 g/mol. The summed E-state index contributed by atoms with van der Waals surface area (Å²) in [6.07, 6.45) is 0. The fraction of sp³-hybridized carbons (Fsp3) is 0.143. The van der Waals surface area contributed by atoms with E-state index in [4.69, 9.17) is 5.73 Å². The van der Waals surface area contributed by atoms with Crippen LogP contribution in [0.2, 0.25) is 0 Å². The Morgan fingerprint density at radius 1 is 1.06 bits per heavy atom. The zero-order valence-corrected chi connectivity index (χ0v) is 9.20. The van der Waals surface area contributed by atoms with Crippen LogP contribution in [0.15, 0.2) is 42.5 Å². The molecule has 0 bridgehead atoms. The lowest BCUT2D eigenvalue weighted by Crippen LogP contribution is -1.99. The van der Waals surface area contributed by atoms with E-state index in [1.165, 1.54) is 6.07 Å². The lowest BCUT2D eigenvalue weighted by atomic mass is 9.98. The van der Waals surface area contributed by atoms with E-state index in [9.17, 15) is 4.39 Å². The van der Waals surface area contributed by atoms with E-state index in [1.54, 1.807) is 6.07 Å². The summed E-state index contributed by atoms with van der Waals surface area (Å²) in [5.74, 6) is -0.202. The van der Waals surface area contributed by atoms with Gasteiger partial charge in [-0.05, 0) is 30.2 Å². The third-order valence-electron chi connectivity index (χ3n) is 2.65. The first-order chi connectivity index (χ1) is 7.72. The van der Waals surface area contributed by atoms with Gasteiger partial charge in [-0.25, -0.2) is 4.39 Å². The van der Waals surface area contributed by atoms with Gasteiger partial charge >= 0.3 is 0 Å². The number of aryl methyl sites for hydroxylation is 1. The van der Waals surface area contributed by atoms with Crippen LogP contribution in [0.5, 0.6) is 0 Å². The Morgan fingerprint density at radius 2 is 1.81 bits per heavy atom.